The van der Waals surface area contributed by atoms with E-state index in [2.05, 4.69) is 9.97 Å². The Morgan fingerprint density at radius 2 is 2.04 bits per heavy atom. The summed E-state index contributed by atoms with van der Waals surface area (Å²) in [4.78, 5) is 33.3. The van der Waals surface area contributed by atoms with Crippen molar-refractivity contribution in [2.75, 3.05) is 0 Å². The fraction of sp³-hybridized carbons (Fsp3) is 0.111. The maximum atomic E-state index is 12.9. The highest BCUT2D eigenvalue weighted by atomic mass is 16.4. The van der Waals surface area contributed by atoms with E-state index in [9.17, 15) is 14.7 Å². The average Bonchev–Trinajstić information content (AvgIpc) is 2.95. The molecule has 4 aromatic rings. The van der Waals surface area contributed by atoms with E-state index in [1.54, 1.807) is 24.4 Å². The molecule has 0 fully saturated rings. The normalized spacial score (nSPS) is 11.2. The lowest BCUT2D eigenvalue weighted by Gasteiger charge is -2.08. The summed E-state index contributed by atoms with van der Waals surface area (Å²) in [5.74, 6) is -1.11. The second-order valence-electron chi connectivity index (χ2n) is 5.76. The minimum absolute atomic E-state index is 0.0128. The van der Waals surface area contributed by atoms with Crippen molar-refractivity contribution in [2.24, 2.45) is 0 Å². The Morgan fingerprint density at radius 3 is 2.76 bits per heavy atom. The number of aromatic nitrogens is 4. The van der Waals surface area contributed by atoms with E-state index in [0.717, 1.165) is 5.69 Å². The third-order valence-corrected chi connectivity index (χ3v) is 4.15. The van der Waals surface area contributed by atoms with Crippen molar-refractivity contribution in [1.29, 1.82) is 0 Å². The number of carbonyl (C=O) groups is 1. The molecule has 124 valence electrons. The predicted molar refractivity (Wildman–Crippen MR) is 92.0 cm³/mol. The van der Waals surface area contributed by atoms with Gasteiger partial charge in [-0.2, -0.15) is 0 Å². The Balaban J connectivity index is 2.06. The summed E-state index contributed by atoms with van der Waals surface area (Å²) in [5, 5.41) is 9.83. The number of carboxylic acid groups (broad SMARTS) is 1. The number of aryl methyl sites for hydroxylation is 1. The van der Waals surface area contributed by atoms with Crippen molar-refractivity contribution in [1.82, 2.24) is 18.9 Å². The predicted octanol–water partition coefficient (Wildman–Crippen LogP) is 2.10. The zero-order chi connectivity index (χ0) is 17.6. The van der Waals surface area contributed by atoms with Gasteiger partial charge in [0.1, 0.15) is 17.0 Å². The zero-order valence-corrected chi connectivity index (χ0v) is 13.4. The third kappa shape index (κ3) is 2.37. The smallest absolute Gasteiger partial charge is 0.352 e. The first-order valence-electron chi connectivity index (χ1n) is 7.71. The van der Waals surface area contributed by atoms with Crippen LogP contribution < -0.4 is 5.56 Å². The Labute approximate surface area is 141 Å². The number of hydrogen-bond donors (Lipinski definition) is 1. The fourth-order valence-corrected chi connectivity index (χ4v) is 2.99. The highest BCUT2D eigenvalue weighted by Gasteiger charge is 2.20. The van der Waals surface area contributed by atoms with Crippen molar-refractivity contribution < 1.29 is 9.90 Å². The molecule has 4 rings (SSSR count). The molecule has 7 heteroatoms. The Hall–Kier alpha value is -3.48. The van der Waals surface area contributed by atoms with Gasteiger partial charge in [0, 0.05) is 11.9 Å². The van der Waals surface area contributed by atoms with Gasteiger partial charge in [-0.25, -0.2) is 9.78 Å². The van der Waals surface area contributed by atoms with Gasteiger partial charge >= 0.3 is 5.97 Å². The van der Waals surface area contributed by atoms with Gasteiger partial charge in [-0.3, -0.25) is 14.2 Å². The summed E-state index contributed by atoms with van der Waals surface area (Å²) in [6.45, 7) is 2.03. The molecular formula is C18H14N4O3. The standard InChI is InChI=1S/C18H14N4O3/c1-11-5-4-7-15-20-16-13(17(23)22(11)15)9-14(18(24)25)21(16)10-12-6-2-3-8-19-12/h2-9H,10H2,1H3,(H,24,25). The molecule has 0 saturated heterocycles. The topological polar surface area (TPSA) is 89.5 Å². The van der Waals surface area contributed by atoms with E-state index in [4.69, 9.17) is 0 Å². The van der Waals surface area contributed by atoms with Crippen LogP contribution in [-0.4, -0.2) is 30.0 Å². The van der Waals surface area contributed by atoms with Crippen molar-refractivity contribution in [2.45, 2.75) is 13.5 Å². The number of carboxylic acids is 1. The molecule has 4 heterocycles. The number of fused-ring (bicyclic) bond motifs is 2. The summed E-state index contributed by atoms with van der Waals surface area (Å²) in [5.41, 5.74) is 1.99. The van der Waals surface area contributed by atoms with Crippen LogP contribution in [0, 0.1) is 6.92 Å². The lowest BCUT2D eigenvalue weighted by atomic mass is 10.3. The number of aromatic carboxylic acids is 1. The van der Waals surface area contributed by atoms with Crippen LogP contribution in [0.1, 0.15) is 21.9 Å². The molecule has 0 spiro atoms. The Kier molecular flexibility index (Phi) is 3.35. The molecule has 25 heavy (non-hydrogen) atoms. The zero-order valence-electron chi connectivity index (χ0n) is 13.4. The van der Waals surface area contributed by atoms with Crippen LogP contribution in [0.15, 0.2) is 53.5 Å². The molecule has 0 aromatic carbocycles. The van der Waals surface area contributed by atoms with Gasteiger partial charge in [0.05, 0.1) is 17.6 Å². The highest BCUT2D eigenvalue weighted by molar-refractivity contribution is 5.93. The first kappa shape index (κ1) is 15.1. The fourth-order valence-electron chi connectivity index (χ4n) is 2.99. The first-order valence-corrected chi connectivity index (χ1v) is 7.71. The Morgan fingerprint density at radius 1 is 1.20 bits per heavy atom. The number of hydrogen-bond acceptors (Lipinski definition) is 4. The number of pyridine rings is 2. The second kappa shape index (κ2) is 5.55. The van der Waals surface area contributed by atoms with E-state index >= 15 is 0 Å². The van der Waals surface area contributed by atoms with Gasteiger partial charge in [0.25, 0.3) is 5.56 Å². The van der Waals surface area contributed by atoms with Crippen LogP contribution in [0.4, 0.5) is 0 Å². The van der Waals surface area contributed by atoms with Crippen LogP contribution in [0.3, 0.4) is 0 Å². The van der Waals surface area contributed by atoms with E-state index < -0.39 is 5.97 Å². The first-order chi connectivity index (χ1) is 12.1. The molecular weight excluding hydrogens is 320 g/mol. The van der Waals surface area contributed by atoms with Crippen molar-refractivity contribution >= 4 is 22.6 Å². The summed E-state index contributed by atoms with van der Waals surface area (Å²) in [6, 6.07) is 12.2. The Bertz CT molecular complexity index is 1180. The molecule has 0 amide bonds. The molecule has 0 bridgehead atoms. The van der Waals surface area contributed by atoms with Gasteiger partial charge in [-0.15, -0.1) is 0 Å². The molecule has 0 aliphatic heterocycles. The monoisotopic (exact) mass is 334 g/mol. The van der Waals surface area contributed by atoms with E-state index in [0.29, 0.717) is 17.0 Å². The summed E-state index contributed by atoms with van der Waals surface area (Å²) >= 11 is 0. The van der Waals surface area contributed by atoms with E-state index in [1.807, 2.05) is 25.1 Å². The van der Waals surface area contributed by atoms with Gasteiger partial charge < -0.3 is 9.67 Å². The summed E-state index contributed by atoms with van der Waals surface area (Å²) in [6.07, 6.45) is 1.64. The second-order valence-corrected chi connectivity index (χ2v) is 5.76. The van der Waals surface area contributed by atoms with Crippen LogP contribution in [-0.2, 0) is 6.54 Å². The van der Waals surface area contributed by atoms with Gasteiger partial charge in [-0.1, -0.05) is 12.1 Å². The van der Waals surface area contributed by atoms with Crippen LogP contribution in [0.25, 0.3) is 16.7 Å². The van der Waals surface area contributed by atoms with Crippen molar-refractivity contribution in [3.8, 4) is 0 Å². The third-order valence-electron chi connectivity index (χ3n) is 4.15. The van der Waals surface area contributed by atoms with E-state index in [-0.39, 0.29) is 23.2 Å². The molecule has 0 radical (unpaired) electrons. The van der Waals surface area contributed by atoms with Gasteiger partial charge in [0.15, 0.2) is 0 Å². The lowest BCUT2D eigenvalue weighted by Crippen LogP contribution is -2.17. The van der Waals surface area contributed by atoms with Crippen molar-refractivity contribution in [3.05, 3.63) is 76.1 Å². The molecule has 0 aliphatic rings. The SMILES string of the molecule is Cc1cccc2nc3c(cc(C(=O)O)n3Cc3ccccn3)c(=O)n12. The molecule has 0 unspecified atom stereocenters. The van der Waals surface area contributed by atoms with Crippen molar-refractivity contribution in [3.63, 3.8) is 0 Å². The van der Waals surface area contributed by atoms with Gasteiger partial charge in [-0.05, 0) is 37.3 Å². The maximum Gasteiger partial charge on any atom is 0.352 e. The average molecular weight is 334 g/mol. The molecule has 0 atom stereocenters. The minimum Gasteiger partial charge on any atom is -0.477 e. The largest absolute Gasteiger partial charge is 0.477 e. The minimum atomic E-state index is -1.11. The van der Waals surface area contributed by atoms with Crippen LogP contribution in [0.5, 0.6) is 0 Å². The molecule has 1 N–H and O–H groups in total. The molecule has 0 saturated carbocycles. The molecule has 7 nitrogen and oxygen atoms in total. The lowest BCUT2D eigenvalue weighted by molar-refractivity contribution is 0.0686. The number of rotatable bonds is 3. The number of nitrogens with zero attached hydrogens (tertiary/aromatic N) is 4. The molecule has 0 aliphatic carbocycles. The maximum absolute atomic E-state index is 12.9. The van der Waals surface area contributed by atoms with Crippen LogP contribution >= 0.6 is 0 Å². The van der Waals surface area contributed by atoms with E-state index in [1.165, 1.54) is 15.0 Å². The summed E-state index contributed by atoms with van der Waals surface area (Å²) < 4.78 is 3.00. The quantitative estimate of drug-likeness (QED) is 0.620. The summed E-state index contributed by atoms with van der Waals surface area (Å²) in [7, 11) is 0. The highest BCUT2D eigenvalue weighted by Crippen LogP contribution is 2.18. The van der Waals surface area contributed by atoms with Crippen LogP contribution in [0.2, 0.25) is 0 Å². The van der Waals surface area contributed by atoms with Gasteiger partial charge in [0.2, 0.25) is 0 Å². The molecule has 4 aromatic heterocycles.